The van der Waals surface area contributed by atoms with Gasteiger partial charge in [0.1, 0.15) is 5.52 Å². The van der Waals surface area contributed by atoms with Crippen molar-refractivity contribution in [3.63, 3.8) is 0 Å². The SMILES string of the molecule is Cc1c(Cl)c(C)c(Cl)c(OCC(=O)Nc2ccc3oc(-c4cccc(I)c4)nc3c2)c1Cl. The fourth-order valence-corrected chi connectivity index (χ4v) is 4.49. The molecule has 0 saturated carbocycles. The monoisotopic (exact) mass is 600 g/mol. The number of nitrogens with zero attached hydrogens (tertiary/aromatic N) is 1. The maximum atomic E-state index is 12.5. The van der Waals surface area contributed by atoms with E-state index >= 15 is 0 Å². The first-order chi connectivity index (χ1) is 15.2. The molecule has 0 aliphatic rings. The third kappa shape index (κ3) is 4.69. The molecule has 32 heavy (non-hydrogen) atoms. The van der Waals surface area contributed by atoms with Gasteiger partial charge < -0.3 is 14.5 Å². The molecular formula is C23H16Cl3IN2O3. The van der Waals surface area contributed by atoms with Crippen LogP contribution in [0.3, 0.4) is 0 Å². The van der Waals surface area contributed by atoms with Crippen LogP contribution in [-0.4, -0.2) is 17.5 Å². The molecule has 5 nitrogen and oxygen atoms in total. The van der Waals surface area contributed by atoms with Crippen molar-refractivity contribution >= 4 is 80.1 Å². The summed E-state index contributed by atoms with van der Waals surface area (Å²) in [5, 5.41) is 3.82. The van der Waals surface area contributed by atoms with E-state index < -0.39 is 0 Å². The van der Waals surface area contributed by atoms with Crippen LogP contribution in [0.1, 0.15) is 11.1 Å². The fraction of sp³-hybridized carbons (Fsp3) is 0.130. The molecule has 0 fully saturated rings. The topological polar surface area (TPSA) is 64.4 Å². The number of nitrogens with one attached hydrogen (secondary N) is 1. The number of benzene rings is 3. The number of aromatic nitrogens is 1. The number of hydrogen-bond donors (Lipinski definition) is 1. The molecule has 4 rings (SSSR count). The van der Waals surface area contributed by atoms with Gasteiger partial charge in [-0.15, -0.1) is 0 Å². The molecule has 0 aliphatic heterocycles. The molecule has 1 N–H and O–H groups in total. The zero-order chi connectivity index (χ0) is 23.0. The lowest BCUT2D eigenvalue weighted by Crippen LogP contribution is -2.20. The maximum Gasteiger partial charge on any atom is 0.262 e. The van der Waals surface area contributed by atoms with E-state index in [1.165, 1.54) is 0 Å². The molecule has 0 radical (unpaired) electrons. The second-order valence-electron chi connectivity index (χ2n) is 7.07. The molecule has 0 atom stereocenters. The average molecular weight is 602 g/mol. The predicted molar refractivity (Wildman–Crippen MR) is 137 cm³/mol. The summed E-state index contributed by atoms with van der Waals surface area (Å²) in [6, 6.07) is 13.1. The largest absolute Gasteiger partial charge is 0.481 e. The van der Waals surface area contributed by atoms with Gasteiger partial charge in [0.25, 0.3) is 5.91 Å². The second kappa shape index (κ2) is 9.47. The van der Waals surface area contributed by atoms with E-state index in [2.05, 4.69) is 32.9 Å². The van der Waals surface area contributed by atoms with Crippen molar-refractivity contribution in [1.29, 1.82) is 0 Å². The van der Waals surface area contributed by atoms with Gasteiger partial charge in [-0.25, -0.2) is 4.98 Å². The number of anilines is 1. The van der Waals surface area contributed by atoms with Crippen LogP contribution < -0.4 is 10.1 Å². The number of carbonyl (C=O) groups excluding carboxylic acids is 1. The summed E-state index contributed by atoms with van der Waals surface area (Å²) in [7, 11) is 0. The molecule has 1 heterocycles. The van der Waals surface area contributed by atoms with Crippen LogP contribution in [0.5, 0.6) is 5.75 Å². The van der Waals surface area contributed by atoms with Crippen molar-refractivity contribution in [2.75, 3.05) is 11.9 Å². The van der Waals surface area contributed by atoms with Crippen LogP contribution in [0.2, 0.25) is 15.1 Å². The number of oxazole rings is 1. The Morgan fingerprint density at radius 3 is 2.47 bits per heavy atom. The summed E-state index contributed by atoms with van der Waals surface area (Å²) < 4.78 is 12.5. The minimum atomic E-state index is -0.372. The van der Waals surface area contributed by atoms with Crippen molar-refractivity contribution in [1.82, 2.24) is 4.98 Å². The van der Waals surface area contributed by atoms with Crippen LogP contribution in [0, 0.1) is 17.4 Å². The summed E-state index contributed by atoms with van der Waals surface area (Å²) in [6.07, 6.45) is 0. The fourth-order valence-electron chi connectivity index (χ4n) is 3.12. The lowest BCUT2D eigenvalue weighted by atomic mass is 10.1. The van der Waals surface area contributed by atoms with Gasteiger partial charge in [0.2, 0.25) is 5.89 Å². The minimum Gasteiger partial charge on any atom is -0.481 e. The standard InChI is InChI=1S/C23H16Cl3IN2O3/c1-11-19(24)12(2)21(26)22(20(11)25)31-10-18(30)28-15-6-7-17-16(9-15)29-23(32-17)13-4-3-5-14(27)8-13/h3-9H,10H2,1-2H3,(H,28,30). The third-order valence-electron chi connectivity index (χ3n) is 4.81. The Morgan fingerprint density at radius 1 is 1.06 bits per heavy atom. The van der Waals surface area contributed by atoms with E-state index in [1.807, 2.05) is 24.3 Å². The van der Waals surface area contributed by atoms with E-state index in [1.54, 1.807) is 32.0 Å². The Morgan fingerprint density at radius 2 is 1.78 bits per heavy atom. The third-order valence-corrected chi connectivity index (χ3v) is 6.95. The van der Waals surface area contributed by atoms with Gasteiger partial charge >= 0.3 is 0 Å². The molecule has 0 saturated heterocycles. The van der Waals surface area contributed by atoms with Crippen LogP contribution in [0.25, 0.3) is 22.6 Å². The highest BCUT2D eigenvalue weighted by molar-refractivity contribution is 14.1. The number of halogens is 4. The van der Waals surface area contributed by atoms with Crippen LogP contribution in [-0.2, 0) is 4.79 Å². The number of fused-ring (bicyclic) bond motifs is 1. The van der Waals surface area contributed by atoms with E-state index in [4.69, 9.17) is 44.0 Å². The summed E-state index contributed by atoms with van der Waals surface area (Å²) in [4.78, 5) is 17.0. The van der Waals surface area contributed by atoms with Crippen molar-refractivity contribution in [2.45, 2.75) is 13.8 Å². The first-order valence-electron chi connectivity index (χ1n) is 9.47. The summed E-state index contributed by atoms with van der Waals surface area (Å²) in [5.41, 5.74) is 3.99. The Bertz CT molecular complexity index is 1330. The smallest absolute Gasteiger partial charge is 0.262 e. The van der Waals surface area contributed by atoms with Gasteiger partial charge in [0.05, 0.1) is 10.0 Å². The summed E-state index contributed by atoms with van der Waals surface area (Å²) >= 11 is 21.1. The van der Waals surface area contributed by atoms with Crippen LogP contribution >= 0.6 is 57.4 Å². The number of hydrogen-bond acceptors (Lipinski definition) is 4. The van der Waals surface area contributed by atoms with Gasteiger partial charge in [-0.3, -0.25) is 4.79 Å². The minimum absolute atomic E-state index is 0.233. The highest BCUT2D eigenvalue weighted by Crippen LogP contribution is 2.42. The zero-order valence-corrected chi connectivity index (χ0v) is 21.4. The first-order valence-corrected chi connectivity index (χ1v) is 11.7. The molecular weight excluding hydrogens is 586 g/mol. The molecule has 0 spiro atoms. The van der Waals surface area contributed by atoms with Crippen molar-refractivity contribution in [3.05, 3.63) is 72.2 Å². The van der Waals surface area contributed by atoms with Crippen molar-refractivity contribution < 1.29 is 13.9 Å². The predicted octanol–water partition coefficient (Wildman–Crippen LogP) is 7.69. The summed E-state index contributed by atoms with van der Waals surface area (Å²) in [5.74, 6) is 0.378. The molecule has 3 aromatic carbocycles. The molecule has 1 amide bonds. The lowest BCUT2D eigenvalue weighted by Gasteiger charge is -2.15. The first kappa shape index (κ1) is 23.2. The van der Waals surface area contributed by atoms with E-state index in [-0.39, 0.29) is 28.3 Å². The number of carbonyl (C=O) groups is 1. The Labute approximate surface area is 213 Å². The maximum absolute atomic E-state index is 12.5. The number of ether oxygens (including phenoxy) is 1. The highest BCUT2D eigenvalue weighted by atomic mass is 127. The van der Waals surface area contributed by atoms with E-state index in [0.717, 1.165) is 9.13 Å². The molecule has 4 aromatic rings. The van der Waals surface area contributed by atoms with Crippen LogP contribution in [0.15, 0.2) is 46.9 Å². The van der Waals surface area contributed by atoms with Gasteiger partial charge in [-0.1, -0.05) is 40.9 Å². The molecule has 1 aromatic heterocycles. The molecule has 0 bridgehead atoms. The molecule has 9 heteroatoms. The quantitative estimate of drug-likeness (QED) is 0.238. The van der Waals surface area contributed by atoms with Gasteiger partial charge in [0, 0.05) is 19.8 Å². The van der Waals surface area contributed by atoms with Gasteiger partial charge in [0.15, 0.2) is 17.9 Å². The zero-order valence-electron chi connectivity index (χ0n) is 16.9. The van der Waals surface area contributed by atoms with Crippen molar-refractivity contribution in [2.24, 2.45) is 0 Å². The van der Waals surface area contributed by atoms with E-state index in [0.29, 0.717) is 38.8 Å². The average Bonchev–Trinajstić information content (AvgIpc) is 3.20. The summed E-state index contributed by atoms with van der Waals surface area (Å²) in [6.45, 7) is 3.25. The number of amides is 1. The Hall–Kier alpha value is -2.00. The normalized spacial score (nSPS) is 11.1. The number of rotatable bonds is 5. The molecule has 0 unspecified atom stereocenters. The van der Waals surface area contributed by atoms with Gasteiger partial charge in [-0.2, -0.15) is 0 Å². The molecule has 164 valence electrons. The van der Waals surface area contributed by atoms with Crippen molar-refractivity contribution in [3.8, 4) is 17.2 Å². The Kier molecular flexibility index (Phi) is 6.86. The lowest BCUT2D eigenvalue weighted by molar-refractivity contribution is -0.118. The van der Waals surface area contributed by atoms with Gasteiger partial charge in [-0.05, 0) is 84.0 Å². The Balaban J connectivity index is 1.49. The second-order valence-corrected chi connectivity index (χ2v) is 9.45. The highest BCUT2D eigenvalue weighted by Gasteiger charge is 2.19. The van der Waals surface area contributed by atoms with E-state index in [9.17, 15) is 4.79 Å². The molecule has 0 aliphatic carbocycles. The van der Waals surface area contributed by atoms with Crippen LogP contribution in [0.4, 0.5) is 5.69 Å².